The molecule has 0 saturated heterocycles. The number of aliphatic hydroxyl groups excluding tert-OH is 1. The number of hydrogen-bond donors (Lipinski definition) is 3. The zero-order valence-electron chi connectivity index (χ0n) is 9.96. The van der Waals surface area contributed by atoms with Gasteiger partial charge < -0.3 is 20.3 Å². The van der Waals surface area contributed by atoms with Gasteiger partial charge in [0.1, 0.15) is 0 Å². The van der Waals surface area contributed by atoms with E-state index in [-0.39, 0.29) is 6.61 Å². The maximum atomic E-state index is 9.96. The number of rotatable bonds is 3. The molecule has 0 fully saturated rings. The Balaban J connectivity index is 2.58. The van der Waals surface area contributed by atoms with Crippen molar-refractivity contribution in [3.63, 3.8) is 0 Å². The Hall–Kier alpha value is -1.43. The normalized spacial score (nSPS) is 14.2. The molecule has 0 spiro atoms. The quantitative estimate of drug-likeness (QED) is 0.725. The molecular formula is C12H17N3O2. The van der Waals surface area contributed by atoms with E-state index in [1.54, 1.807) is 20.2 Å². The summed E-state index contributed by atoms with van der Waals surface area (Å²) in [4.78, 5) is 4.19. The standard InChI is InChI=1S/C12H17N3O2/c1-12(2,17)8-3-4-15-7-14-11(9(13)6-16)10(15)5-8/h3-5,7,9,16-17H,6,13H2,1-2H3. The third-order valence-electron chi connectivity index (χ3n) is 2.82. The van der Waals surface area contributed by atoms with Gasteiger partial charge in [-0.05, 0) is 31.5 Å². The average molecular weight is 235 g/mol. The molecule has 0 bridgehead atoms. The zero-order valence-corrected chi connectivity index (χ0v) is 9.96. The maximum Gasteiger partial charge on any atom is 0.0996 e. The number of hydrogen-bond acceptors (Lipinski definition) is 4. The predicted molar refractivity (Wildman–Crippen MR) is 64.5 cm³/mol. The van der Waals surface area contributed by atoms with Crippen LogP contribution in [0.15, 0.2) is 24.7 Å². The Morgan fingerprint density at radius 1 is 1.53 bits per heavy atom. The average Bonchev–Trinajstić information content (AvgIpc) is 2.69. The van der Waals surface area contributed by atoms with E-state index in [0.717, 1.165) is 11.1 Å². The lowest BCUT2D eigenvalue weighted by molar-refractivity contribution is 0.0786. The molecule has 0 radical (unpaired) electrons. The summed E-state index contributed by atoms with van der Waals surface area (Å²) < 4.78 is 1.82. The second-order valence-electron chi connectivity index (χ2n) is 4.69. The van der Waals surface area contributed by atoms with Crippen LogP contribution < -0.4 is 5.73 Å². The second kappa shape index (κ2) is 4.10. The minimum absolute atomic E-state index is 0.153. The van der Waals surface area contributed by atoms with Crippen molar-refractivity contribution in [3.8, 4) is 0 Å². The highest BCUT2D eigenvalue weighted by Crippen LogP contribution is 2.23. The van der Waals surface area contributed by atoms with Crippen LogP contribution in [0.3, 0.4) is 0 Å². The molecule has 0 aromatic carbocycles. The first-order valence-corrected chi connectivity index (χ1v) is 5.49. The van der Waals surface area contributed by atoms with Crippen LogP contribution in [0.1, 0.15) is 31.1 Å². The van der Waals surface area contributed by atoms with E-state index < -0.39 is 11.6 Å². The highest BCUT2D eigenvalue weighted by Gasteiger charge is 2.18. The molecule has 1 unspecified atom stereocenters. The lowest BCUT2D eigenvalue weighted by atomic mass is 9.99. The van der Waals surface area contributed by atoms with Gasteiger partial charge in [-0.2, -0.15) is 0 Å². The first kappa shape index (κ1) is 12.0. The van der Waals surface area contributed by atoms with Gasteiger partial charge in [0.15, 0.2) is 0 Å². The van der Waals surface area contributed by atoms with Gasteiger partial charge in [0, 0.05) is 6.20 Å². The number of aromatic nitrogens is 2. The van der Waals surface area contributed by atoms with Gasteiger partial charge in [0.05, 0.1) is 35.8 Å². The van der Waals surface area contributed by atoms with Gasteiger partial charge in [-0.15, -0.1) is 0 Å². The summed E-state index contributed by atoms with van der Waals surface area (Å²) in [7, 11) is 0. The molecule has 5 heteroatoms. The molecule has 1 atom stereocenters. The Bertz CT molecular complexity index is 528. The first-order valence-electron chi connectivity index (χ1n) is 5.49. The van der Waals surface area contributed by atoms with Crippen LogP contribution in [0.4, 0.5) is 0 Å². The number of pyridine rings is 1. The van der Waals surface area contributed by atoms with Crippen molar-refractivity contribution in [1.82, 2.24) is 9.38 Å². The molecule has 92 valence electrons. The van der Waals surface area contributed by atoms with Crippen molar-refractivity contribution in [2.45, 2.75) is 25.5 Å². The Labute approximate surface area is 99.5 Å². The molecule has 4 N–H and O–H groups in total. The van der Waals surface area contributed by atoms with Crippen LogP contribution in [0, 0.1) is 0 Å². The van der Waals surface area contributed by atoms with Gasteiger partial charge in [0.2, 0.25) is 0 Å². The Kier molecular flexibility index (Phi) is 2.91. The molecule has 17 heavy (non-hydrogen) atoms. The summed E-state index contributed by atoms with van der Waals surface area (Å²) in [5.74, 6) is 0. The second-order valence-corrected chi connectivity index (χ2v) is 4.69. The molecule has 0 aliphatic rings. The fourth-order valence-electron chi connectivity index (χ4n) is 1.76. The third-order valence-corrected chi connectivity index (χ3v) is 2.82. The topological polar surface area (TPSA) is 83.8 Å². The van der Waals surface area contributed by atoms with Gasteiger partial charge in [-0.25, -0.2) is 4.98 Å². The van der Waals surface area contributed by atoms with E-state index in [1.807, 2.05) is 22.7 Å². The predicted octanol–water partition coefficient (Wildman–Crippen LogP) is 0.554. The monoisotopic (exact) mass is 235 g/mol. The maximum absolute atomic E-state index is 9.96. The van der Waals surface area contributed by atoms with Crippen LogP contribution in [0.2, 0.25) is 0 Å². The van der Waals surface area contributed by atoms with Gasteiger partial charge in [0.25, 0.3) is 0 Å². The molecule has 0 aliphatic carbocycles. The molecular weight excluding hydrogens is 218 g/mol. The summed E-state index contributed by atoms with van der Waals surface area (Å²) >= 11 is 0. The summed E-state index contributed by atoms with van der Waals surface area (Å²) in [6, 6.07) is 3.18. The molecule has 0 amide bonds. The molecule has 2 aromatic rings. The van der Waals surface area contributed by atoms with Crippen LogP contribution >= 0.6 is 0 Å². The lowest BCUT2D eigenvalue weighted by Gasteiger charge is -2.18. The molecule has 0 aliphatic heterocycles. The van der Waals surface area contributed by atoms with Crippen LogP contribution in [0.25, 0.3) is 5.52 Å². The fraction of sp³-hybridized carbons (Fsp3) is 0.417. The van der Waals surface area contributed by atoms with Crippen LogP contribution in [-0.4, -0.2) is 26.2 Å². The van der Waals surface area contributed by atoms with Crippen LogP contribution in [0.5, 0.6) is 0 Å². The SMILES string of the molecule is CC(C)(O)c1ccn2cnc(C(N)CO)c2c1. The van der Waals surface area contributed by atoms with E-state index in [4.69, 9.17) is 10.8 Å². The van der Waals surface area contributed by atoms with Crippen molar-refractivity contribution >= 4 is 5.52 Å². The molecule has 0 saturated carbocycles. The molecule has 5 nitrogen and oxygen atoms in total. The number of aliphatic hydroxyl groups is 2. The number of imidazole rings is 1. The minimum Gasteiger partial charge on any atom is -0.394 e. The fourth-order valence-corrected chi connectivity index (χ4v) is 1.76. The number of nitrogens with zero attached hydrogens (tertiary/aromatic N) is 2. The Morgan fingerprint density at radius 2 is 2.24 bits per heavy atom. The summed E-state index contributed by atoms with van der Waals surface area (Å²) in [5, 5.41) is 19.0. The van der Waals surface area contributed by atoms with Gasteiger partial charge in [-0.3, -0.25) is 0 Å². The highest BCUT2D eigenvalue weighted by atomic mass is 16.3. The lowest BCUT2D eigenvalue weighted by Crippen LogP contribution is -2.17. The summed E-state index contributed by atoms with van der Waals surface area (Å²) in [5.41, 5.74) is 7.10. The zero-order chi connectivity index (χ0) is 12.6. The first-order chi connectivity index (χ1) is 7.93. The Morgan fingerprint density at radius 3 is 2.82 bits per heavy atom. The summed E-state index contributed by atoms with van der Waals surface area (Å²) in [6.45, 7) is 3.29. The molecule has 2 aromatic heterocycles. The number of fused-ring (bicyclic) bond motifs is 1. The van der Waals surface area contributed by atoms with E-state index in [1.165, 1.54) is 0 Å². The minimum atomic E-state index is -0.910. The van der Waals surface area contributed by atoms with Crippen molar-refractivity contribution < 1.29 is 10.2 Å². The van der Waals surface area contributed by atoms with E-state index in [9.17, 15) is 5.11 Å². The third kappa shape index (κ3) is 2.17. The van der Waals surface area contributed by atoms with Gasteiger partial charge >= 0.3 is 0 Å². The van der Waals surface area contributed by atoms with E-state index >= 15 is 0 Å². The van der Waals surface area contributed by atoms with E-state index in [2.05, 4.69) is 4.98 Å². The van der Waals surface area contributed by atoms with Crippen molar-refractivity contribution in [2.24, 2.45) is 5.73 Å². The van der Waals surface area contributed by atoms with E-state index in [0.29, 0.717) is 5.69 Å². The highest BCUT2D eigenvalue weighted by molar-refractivity contribution is 5.55. The molecule has 2 rings (SSSR count). The number of nitrogens with two attached hydrogens (primary N) is 1. The molecule has 2 heterocycles. The van der Waals surface area contributed by atoms with Crippen molar-refractivity contribution in [2.75, 3.05) is 6.61 Å². The van der Waals surface area contributed by atoms with Crippen molar-refractivity contribution in [1.29, 1.82) is 0 Å². The van der Waals surface area contributed by atoms with Crippen LogP contribution in [-0.2, 0) is 5.60 Å². The largest absolute Gasteiger partial charge is 0.394 e. The smallest absolute Gasteiger partial charge is 0.0996 e. The van der Waals surface area contributed by atoms with Gasteiger partial charge in [-0.1, -0.05) is 0 Å². The summed E-state index contributed by atoms with van der Waals surface area (Å²) in [6.07, 6.45) is 3.47. The van der Waals surface area contributed by atoms with Crippen molar-refractivity contribution in [3.05, 3.63) is 35.9 Å².